The van der Waals surface area contributed by atoms with Crippen LogP contribution in [0.4, 0.5) is 0 Å². The summed E-state index contributed by atoms with van der Waals surface area (Å²) in [5.41, 5.74) is 6.35. The molecular formula is C22H19ClN+. The van der Waals surface area contributed by atoms with Crippen molar-refractivity contribution in [2.24, 2.45) is 0 Å². The number of nitrogens with zero attached hydrogens (tertiary/aromatic N) is 1. The van der Waals surface area contributed by atoms with Gasteiger partial charge in [0.25, 0.3) is 0 Å². The third-order valence-electron chi connectivity index (χ3n) is 4.79. The summed E-state index contributed by atoms with van der Waals surface area (Å²) in [4.78, 5) is 0. The van der Waals surface area contributed by atoms with Gasteiger partial charge in [-0.25, -0.2) is 0 Å². The van der Waals surface area contributed by atoms with E-state index in [-0.39, 0.29) is 5.41 Å². The van der Waals surface area contributed by atoms with Gasteiger partial charge in [0.2, 0.25) is 5.69 Å². The highest BCUT2D eigenvalue weighted by Crippen LogP contribution is 2.37. The summed E-state index contributed by atoms with van der Waals surface area (Å²) in [5.74, 6) is 0. The minimum Gasteiger partial charge on any atom is -0.163 e. The van der Waals surface area contributed by atoms with Crippen molar-refractivity contribution in [2.45, 2.75) is 19.3 Å². The van der Waals surface area contributed by atoms with Crippen LogP contribution in [0.5, 0.6) is 0 Å². The minimum absolute atomic E-state index is 0.0146. The molecule has 1 nitrogen and oxygen atoms in total. The lowest BCUT2D eigenvalue weighted by atomic mass is 9.83. The summed E-state index contributed by atoms with van der Waals surface area (Å²) in [6, 6.07) is 21.0. The normalized spacial score (nSPS) is 14.6. The number of fused-ring (bicyclic) bond motifs is 3. The minimum atomic E-state index is 0.0146. The first-order chi connectivity index (χ1) is 11.6. The van der Waals surface area contributed by atoms with Crippen molar-refractivity contribution >= 4 is 23.8 Å². The predicted octanol–water partition coefficient (Wildman–Crippen LogP) is 5.43. The van der Waals surface area contributed by atoms with Gasteiger partial charge in [0.1, 0.15) is 0 Å². The zero-order valence-electron chi connectivity index (χ0n) is 13.8. The van der Waals surface area contributed by atoms with Gasteiger partial charge < -0.3 is 0 Å². The molecule has 1 aromatic heterocycles. The summed E-state index contributed by atoms with van der Waals surface area (Å²) in [6.45, 7) is 4.58. The standard InChI is InChI=1S/C22H19ClN/c1-22(2)19-5-3-4-6-20(19)24-14-13-17(15-21(22)24)8-7-16-9-11-18(23)12-10-16/h3-15H,1-2H3/q+1. The van der Waals surface area contributed by atoms with E-state index in [0.717, 1.165) is 10.6 Å². The number of rotatable bonds is 2. The zero-order valence-corrected chi connectivity index (χ0v) is 14.6. The van der Waals surface area contributed by atoms with Crippen molar-refractivity contribution in [3.63, 3.8) is 0 Å². The Morgan fingerprint density at radius 2 is 1.58 bits per heavy atom. The van der Waals surface area contributed by atoms with Crippen LogP contribution in [0.15, 0.2) is 66.9 Å². The lowest BCUT2D eigenvalue weighted by molar-refractivity contribution is -0.599. The van der Waals surface area contributed by atoms with Crippen LogP contribution >= 0.6 is 11.6 Å². The van der Waals surface area contributed by atoms with Crippen LogP contribution in [0, 0.1) is 0 Å². The van der Waals surface area contributed by atoms with E-state index < -0.39 is 0 Å². The highest BCUT2D eigenvalue weighted by atomic mass is 35.5. The number of pyridine rings is 1. The van der Waals surface area contributed by atoms with Crippen molar-refractivity contribution in [1.82, 2.24) is 0 Å². The molecule has 0 amide bonds. The van der Waals surface area contributed by atoms with Crippen LogP contribution in [0.3, 0.4) is 0 Å². The maximum absolute atomic E-state index is 5.94. The lowest BCUT2D eigenvalue weighted by Crippen LogP contribution is -2.34. The van der Waals surface area contributed by atoms with Crippen LogP contribution in [0.2, 0.25) is 5.02 Å². The average molecular weight is 333 g/mol. The summed E-state index contributed by atoms with van der Waals surface area (Å²) < 4.78 is 2.30. The van der Waals surface area contributed by atoms with Gasteiger partial charge in [-0.1, -0.05) is 54.1 Å². The molecular weight excluding hydrogens is 314 g/mol. The molecule has 2 aromatic carbocycles. The fraction of sp³-hybridized carbons (Fsp3) is 0.136. The predicted molar refractivity (Wildman–Crippen MR) is 100 cm³/mol. The van der Waals surface area contributed by atoms with Gasteiger partial charge in [-0.3, -0.25) is 0 Å². The summed E-state index contributed by atoms with van der Waals surface area (Å²) in [7, 11) is 0. The summed E-state index contributed by atoms with van der Waals surface area (Å²) >= 11 is 5.94. The zero-order chi connectivity index (χ0) is 16.7. The maximum atomic E-state index is 5.94. The summed E-state index contributed by atoms with van der Waals surface area (Å²) in [5, 5.41) is 0.764. The molecule has 0 N–H and O–H groups in total. The van der Waals surface area contributed by atoms with Crippen molar-refractivity contribution in [2.75, 3.05) is 0 Å². The average Bonchev–Trinajstić information content (AvgIpc) is 2.83. The van der Waals surface area contributed by atoms with Gasteiger partial charge in [-0.05, 0) is 37.1 Å². The molecule has 1 aliphatic rings. The van der Waals surface area contributed by atoms with Crippen LogP contribution in [0.1, 0.15) is 36.2 Å². The molecule has 0 aliphatic carbocycles. The maximum Gasteiger partial charge on any atom is 0.215 e. The van der Waals surface area contributed by atoms with Gasteiger partial charge in [-0.15, -0.1) is 0 Å². The topological polar surface area (TPSA) is 3.88 Å². The Bertz CT molecular complexity index is 936. The fourth-order valence-electron chi connectivity index (χ4n) is 3.43. The number of para-hydroxylation sites is 1. The van der Waals surface area contributed by atoms with Gasteiger partial charge in [0.15, 0.2) is 11.9 Å². The second kappa shape index (κ2) is 5.61. The second-order valence-electron chi connectivity index (χ2n) is 6.74. The number of benzene rings is 2. The Morgan fingerprint density at radius 3 is 2.38 bits per heavy atom. The third kappa shape index (κ3) is 2.46. The number of aromatic nitrogens is 1. The third-order valence-corrected chi connectivity index (χ3v) is 5.05. The van der Waals surface area contributed by atoms with E-state index in [1.807, 2.05) is 24.3 Å². The van der Waals surface area contributed by atoms with Crippen molar-refractivity contribution in [3.05, 3.63) is 94.3 Å². The monoisotopic (exact) mass is 332 g/mol. The Morgan fingerprint density at radius 1 is 0.875 bits per heavy atom. The van der Waals surface area contributed by atoms with Crippen LogP contribution in [-0.2, 0) is 5.41 Å². The number of hydrogen-bond acceptors (Lipinski definition) is 0. The molecule has 0 atom stereocenters. The van der Waals surface area contributed by atoms with Crippen LogP contribution in [-0.4, -0.2) is 0 Å². The Kier molecular flexibility index (Phi) is 3.54. The Balaban J connectivity index is 1.72. The van der Waals surface area contributed by atoms with E-state index in [4.69, 9.17) is 11.6 Å². The SMILES string of the molecule is CC1(C)c2ccccc2-[n+]2ccc(C=Cc3ccc(Cl)cc3)cc21. The number of halogens is 1. The van der Waals surface area contributed by atoms with E-state index >= 15 is 0 Å². The first-order valence-electron chi connectivity index (χ1n) is 8.15. The van der Waals surface area contributed by atoms with Crippen molar-refractivity contribution < 1.29 is 4.57 Å². The first-order valence-corrected chi connectivity index (χ1v) is 8.53. The molecule has 1 aliphatic heterocycles. The van der Waals surface area contributed by atoms with E-state index in [0.29, 0.717) is 0 Å². The van der Waals surface area contributed by atoms with Gasteiger partial charge in [0, 0.05) is 28.8 Å². The largest absolute Gasteiger partial charge is 0.215 e. The van der Waals surface area contributed by atoms with Gasteiger partial charge >= 0.3 is 0 Å². The van der Waals surface area contributed by atoms with Gasteiger partial charge in [-0.2, -0.15) is 4.57 Å². The summed E-state index contributed by atoms with van der Waals surface area (Å²) in [6.07, 6.45) is 6.45. The van der Waals surface area contributed by atoms with E-state index in [1.165, 1.54) is 22.5 Å². The smallest absolute Gasteiger partial charge is 0.163 e. The molecule has 24 heavy (non-hydrogen) atoms. The van der Waals surface area contributed by atoms with Gasteiger partial charge in [0.05, 0.1) is 5.41 Å². The molecule has 3 aromatic rings. The van der Waals surface area contributed by atoms with E-state index in [2.05, 4.69) is 73.2 Å². The molecule has 2 heteroatoms. The molecule has 0 fully saturated rings. The molecule has 118 valence electrons. The molecule has 0 unspecified atom stereocenters. The highest BCUT2D eigenvalue weighted by Gasteiger charge is 2.43. The molecule has 0 radical (unpaired) electrons. The quantitative estimate of drug-likeness (QED) is 0.551. The fourth-order valence-corrected chi connectivity index (χ4v) is 3.55. The van der Waals surface area contributed by atoms with Crippen LogP contribution in [0.25, 0.3) is 17.8 Å². The lowest BCUT2D eigenvalue weighted by Gasteiger charge is -2.14. The molecule has 4 rings (SSSR count). The molecule has 2 heterocycles. The van der Waals surface area contributed by atoms with E-state index in [1.54, 1.807) is 0 Å². The molecule has 0 spiro atoms. The first kappa shape index (κ1) is 15.2. The Hall–Kier alpha value is -2.38. The van der Waals surface area contributed by atoms with Crippen LogP contribution < -0.4 is 4.57 Å². The molecule has 0 saturated carbocycles. The molecule has 0 saturated heterocycles. The second-order valence-corrected chi connectivity index (χ2v) is 7.18. The molecule has 0 bridgehead atoms. The van der Waals surface area contributed by atoms with Crippen molar-refractivity contribution in [3.8, 4) is 5.69 Å². The van der Waals surface area contributed by atoms with E-state index in [9.17, 15) is 0 Å². The van der Waals surface area contributed by atoms with Crippen molar-refractivity contribution in [1.29, 1.82) is 0 Å². The highest BCUT2D eigenvalue weighted by molar-refractivity contribution is 6.30. The number of hydrogen-bond donors (Lipinski definition) is 0. The Labute approximate surface area is 147 Å².